The molecule has 27 heavy (non-hydrogen) atoms. The van der Waals surface area contributed by atoms with E-state index < -0.39 is 0 Å². The van der Waals surface area contributed by atoms with Crippen LogP contribution >= 0.6 is 0 Å². The Kier molecular flexibility index (Phi) is 4.87. The molecule has 0 saturated carbocycles. The molecule has 0 aromatic heterocycles. The Balaban J connectivity index is 1.31. The van der Waals surface area contributed by atoms with Crippen molar-refractivity contribution in [1.82, 2.24) is 10.2 Å². The highest BCUT2D eigenvalue weighted by molar-refractivity contribution is 5.38. The van der Waals surface area contributed by atoms with E-state index in [9.17, 15) is 0 Å². The molecule has 3 atom stereocenters. The van der Waals surface area contributed by atoms with Crippen LogP contribution in [0.3, 0.4) is 0 Å². The quantitative estimate of drug-likeness (QED) is 0.842. The van der Waals surface area contributed by atoms with Crippen molar-refractivity contribution in [1.29, 1.82) is 0 Å². The van der Waals surface area contributed by atoms with Crippen molar-refractivity contribution in [2.45, 2.75) is 37.1 Å². The van der Waals surface area contributed by atoms with Crippen molar-refractivity contribution >= 4 is 0 Å². The standard InChI is InChI=1S/C23H28N2O2/c1-2-6-19-17(5-1)9-10-18(19)11-13-25-14-12-24-15-22(25)21-16-26-27-23-8-4-3-7-20(21)23/h1-8,18,21-22,24H,9-16H2. The molecule has 3 unspecified atom stereocenters. The molecule has 2 aromatic carbocycles. The Bertz CT molecular complexity index is 793. The lowest BCUT2D eigenvalue weighted by molar-refractivity contribution is -0.225. The number of nitrogens with zero attached hydrogens (tertiary/aromatic N) is 1. The van der Waals surface area contributed by atoms with Gasteiger partial charge in [0.2, 0.25) is 0 Å². The SMILES string of the molecule is c1ccc2c(c1)CCC2CCN1CCNCC1C1COOc2ccccc21. The van der Waals surface area contributed by atoms with Crippen LogP contribution < -0.4 is 10.2 Å². The zero-order chi connectivity index (χ0) is 18.1. The van der Waals surface area contributed by atoms with Crippen LogP contribution in [-0.4, -0.2) is 43.7 Å². The number of aryl methyl sites for hydroxylation is 1. The number of hydrogen-bond donors (Lipinski definition) is 1. The van der Waals surface area contributed by atoms with Gasteiger partial charge in [-0.15, -0.1) is 0 Å². The smallest absolute Gasteiger partial charge is 0.169 e. The van der Waals surface area contributed by atoms with Crippen LogP contribution in [0.15, 0.2) is 48.5 Å². The summed E-state index contributed by atoms with van der Waals surface area (Å²) < 4.78 is 0. The molecule has 1 saturated heterocycles. The highest BCUT2D eigenvalue weighted by atomic mass is 17.2. The number of para-hydroxylation sites is 1. The second-order valence-electron chi connectivity index (χ2n) is 8.04. The van der Waals surface area contributed by atoms with E-state index in [1.807, 2.05) is 12.1 Å². The molecule has 4 heteroatoms. The average molecular weight is 364 g/mol. The highest BCUT2D eigenvalue weighted by Gasteiger charge is 2.35. The zero-order valence-electron chi connectivity index (χ0n) is 15.8. The molecule has 1 aliphatic carbocycles. The second kappa shape index (κ2) is 7.63. The fourth-order valence-electron chi connectivity index (χ4n) is 5.15. The predicted molar refractivity (Wildman–Crippen MR) is 106 cm³/mol. The van der Waals surface area contributed by atoms with Gasteiger partial charge in [-0.05, 0) is 48.9 Å². The van der Waals surface area contributed by atoms with Gasteiger partial charge in [-0.3, -0.25) is 4.90 Å². The lowest BCUT2D eigenvalue weighted by Crippen LogP contribution is -2.55. The summed E-state index contributed by atoms with van der Waals surface area (Å²) in [6.45, 7) is 4.99. The van der Waals surface area contributed by atoms with Crippen LogP contribution in [0.5, 0.6) is 5.75 Å². The van der Waals surface area contributed by atoms with Crippen molar-refractivity contribution < 1.29 is 9.78 Å². The molecule has 1 fully saturated rings. The van der Waals surface area contributed by atoms with Crippen molar-refractivity contribution in [2.75, 3.05) is 32.8 Å². The third-order valence-electron chi connectivity index (χ3n) is 6.60. The molecule has 0 radical (unpaired) electrons. The fraction of sp³-hybridized carbons (Fsp3) is 0.478. The Labute approximate surface area is 161 Å². The Morgan fingerprint density at radius 1 is 1.04 bits per heavy atom. The number of hydrogen-bond acceptors (Lipinski definition) is 4. The third kappa shape index (κ3) is 3.38. The van der Waals surface area contributed by atoms with Gasteiger partial charge in [-0.1, -0.05) is 42.5 Å². The van der Waals surface area contributed by atoms with Gasteiger partial charge >= 0.3 is 0 Å². The van der Waals surface area contributed by atoms with Gasteiger partial charge in [0.05, 0.1) is 0 Å². The first-order valence-electron chi connectivity index (χ1n) is 10.3. The maximum atomic E-state index is 5.48. The summed E-state index contributed by atoms with van der Waals surface area (Å²) in [7, 11) is 0. The molecule has 2 aromatic rings. The lowest BCUT2D eigenvalue weighted by atomic mass is 9.88. The van der Waals surface area contributed by atoms with Gasteiger partial charge in [0.25, 0.3) is 0 Å². The van der Waals surface area contributed by atoms with E-state index in [0.29, 0.717) is 18.6 Å². The number of fused-ring (bicyclic) bond motifs is 2. The van der Waals surface area contributed by atoms with E-state index in [4.69, 9.17) is 9.78 Å². The van der Waals surface area contributed by atoms with E-state index in [-0.39, 0.29) is 0 Å². The van der Waals surface area contributed by atoms with E-state index in [2.05, 4.69) is 46.6 Å². The summed E-state index contributed by atoms with van der Waals surface area (Å²) in [4.78, 5) is 13.6. The largest absolute Gasteiger partial charge is 0.337 e. The molecule has 0 amide bonds. The number of benzene rings is 2. The minimum Gasteiger partial charge on any atom is -0.337 e. The normalized spacial score (nSPS) is 27.6. The van der Waals surface area contributed by atoms with Crippen molar-refractivity contribution in [2.24, 2.45) is 0 Å². The first kappa shape index (κ1) is 17.2. The summed E-state index contributed by atoms with van der Waals surface area (Å²) in [6.07, 6.45) is 3.80. The van der Waals surface area contributed by atoms with Crippen LogP contribution in [0.2, 0.25) is 0 Å². The maximum absolute atomic E-state index is 5.48. The topological polar surface area (TPSA) is 33.7 Å². The molecule has 4 nitrogen and oxygen atoms in total. The molecular weight excluding hydrogens is 336 g/mol. The number of piperazine rings is 1. The number of rotatable bonds is 4. The molecule has 142 valence electrons. The average Bonchev–Trinajstić information content (AvgIpc) is 3.15. The molecule has 0 bridgehead atoms. The highest BCUT2D eigenvalue weighted by Crippen LogP contribution is 2.38. The van der Waals surface area contributed by atoms with Crippen LogP contribution in [0.25, 0.3) is 0 Å². The monoisotopic (exact) mass is 364 g/mol. The van der Waals surface area contributed by atoms with Gasteiger partial charge in [-0.2, -0.15) is 4.89 Å². The van der Waals surface area contributed by atoms with Gasteiger partial charge in [0.15, 0.2) is 5.75 Å². The van der Waals surface area contributed by atoms with Gasteiger partial charge in [-0.25, -0.2) is 0 Å². The Morgan fingerprint density at radius 3 is 2.85 bits per heavy atom. The molecule has 2 aliphatic heterocycles. The summed E-state index contributed by atoms with van der Waals surface area (Å²) in [5, 5.41) is 3.60. The lowest BCUT2D eigenvalue weighted by Gasteiger charge is -2.42. The minimum atomic E-state index is 0.360. The molecule has 1 N–H and O–H groups in total. The first-order chi connectivity index (χ1) is 13.4. The zero-order valence-corrected chi connectivity index (χ0v) is 15.8. The van der Waals surface area contributed by atoms with E-state index >= 15 is 0 Å². The van der Waals surface area contributed by atoms with Gasteiger partial charge < -0.3 is 10.2 Å². The van der Waals surface area contributed by atoms with Crippen LogP contribution in [0, 0.1) is 0 Å². The summed E-state index contributed by atoms with van der Waals surface area (Å²) in [6, 6.07) is 17.8. The molecular formula is C23H28N2O2. The Morgan fingerprint density at radius 2 is 1.89 bits per heavy atom. The van der Waals surface area contributed by atoms with Crippen LogP contribution in [-0.2, 0) is 11.3 Å². The van der Waals surface area contributed by atoms with Gasteiger partial charge in [0, 0.05) is 37.2 Å². The number of nitrogens with one attached hydrogen (secondary N) is 1. The summed E-state index contributed by atoms with van der Waals surface area (Å²) >= 11 is 0. The van der Waals surface area contributed by atoms with Crippen molar-refractivity contribution in [3.05, 3.63) is 65.2 Å². The molecule has 5 rings (SSSR count). The van der Waals surface area contributed by atoms with Crippen LogP contribution in [0.4, 0.5) is 0 Å². The van der Waals surface area contributed by atoms with Crippen molar-refractivity contribution in [3.63, 3.8) is 0 Å². The fourth-order valence-corrected chi connectivity index (χ4v) is 5.15. The Hall–Kier alpha value is -1.88. The second-order valence-corrected chi connectivity index (χ2v) is 8.04. The first-order valence-corrected chi connectivity index (χ1v) is 10.3. The van der Waals surface area contributed by atoms with E-state index in [0.717, 1.165) is 37.8 Å². The summed E-state index contributed by atoms with van der Waals surface area (Å²) in [5.41, 5.74) is 4.43. The van der Waals surface area contributed by atoms with Gasteiger partial charge in [0.1, 0.15) is 6.61 Å². The predicted octanol–water partition coefficient (Wildman–Crippen LogP) is 3.49. The molecule has 0 spiro atoms. The molecule has 3 aliphatic rings. The maximum Gasteiger partial charge on any atom is 0.169 e. The van der Waals surface area contributed by atoms with E-state index in [1.165, 1.54) is 24.8 Å². The molecule has 2 heterocycles. The van der Waals surface area contributed by atoms with Crippen LogP contribution in [0.1, 0.15) is 41.4 Å². The third-order valence-corrected chi connectivity index (χ3v) is 6.60. The van der Waals surface area contributed by atoms with Crippen molar-refractivity contribution in [3.8, 4) is 5.75 Å². The van der Waals surface area contributed by atoms with E-state index in [1.54, 1.807) is 11.1 Å². The summed E-state index contributed by atoms with van der Waals surface area (Å²) in [5.74, 6) is 1.96. The minimum absolute atomic E-state index is 0.360.